The number of aromatic nitrogens is 2. The fraction of sp³-hybridized carbons (Fsp3) is 0.0667. The first kappa shape index (κ1) is 26.0. The molecule has 10 aromatic rings. The number of aryl methyl sites for hydroxylation is 3. The van der Waals surface area contributed by atoms with Gasteiger partial charge in [0.05, 0.1) is 11.0 Å². The molecule has 4 heteroatoms. The molecular weight excluding hydrogens is 595 g/mol. The Bertz CT molecular complexity index is 3130. The Morgan fingerprint density at radius 1 is 0.551 bits per heavy atom. The minimum absolute atomic E-state index is 0.0368. The first-order valence-corrected chi connectivity index (χ1v) is 17.2. The summed E-state index contributed by atoms with van der Waals surface area (Å²) in [6.45, 7) is 6.69. The highest BCUT2D eigenvalue weighted by atomic mass is 16.3. The van der Waals surface area contributed by atoms with E-state index in [1.165, 1.54) is 105 Å². The second kappa shape index (κ2) is 8.72. The molecular formula is C45H29BN2O. The average Bonchev–Trinajstić information content (AvgIpc) is 3.76. The summed E-state index contributed by atoms with van der Waals surface area (Å²) in [6.07, 6.45) is 0. The van der Waals surface area contributed by atoms with E-state index in [1.54, 1.807) is 0 Å². The number of rotatable bonds is 1. The van der Waals surface area contributed by atoms with E-state index in [4.69, 9.17) is 4.42 Å². The summed E-state index contributed by atoms with van der Waals surface area (Å²) >= 11 is 0. The van der Waals surface area contributed by atoms with Crippen molar-refractivity contribution < 1.29 is 4.42 Å². The van der Waals surface area contributed by atoms with Crippen molar-refractivity contribution in [2.75, 3.05) is 0 Å². The lowest BCUT2D eigenvalue weighted by Gasteiger charge is -2.34. The van der Waals surface area contributed by atoms with Gasteiger partial charge in [-0.1, -0.05) is 96.6 Å². The predicted molar refractivity (Wildman–Crippen MR) is 207 cm³/mol. The van der Waals surface area contributed by atoms with E-state index in [2.05, 4.69) is 151 Å². The van der Waals surface area contributed by atoms with Crippen LogP contribution in [-0.4, -0.2) is 15.9 Å². The lowest BCUT2D eigenvalue weighted by molar-refractivity contribution is 0.670. The molecule has 49 heavy (non-hydrogen) atoms. The maximum atomic E-state index is 6.89. The summed E-state index contributed by atoms with van der Waals surface area (Å²) in [6, 6.07) is 45.3. The molecule has 0 aliphatic carbocycles. The van der Waals surface area contributed by atoms with Gasteiger partial charge in [-0.05, 0) is 84.3 Å². The Hall–Kier alpha value is -6.00. The van der Waals surface area contributed by atoms with E-state index in [0.29, 0.717) is 0 Å². The van der Waals surface area contributed by atoms with Gasteiger partial charge in [0.25, 0.3) is 0 Å². The van der Waals surface area contributed by atoms with Gasteiger partial charge in [-0.25, -0.2) is 0 Å². The van der Waals surface area contributed by atoms with Crippen LogP contribution in [0.3, 0.4) is 0 Å². The SMILES string of the molecule is Cc1cc(C)c(-c2cc3c4c(c2)c2ccccc2n4-c2cc4c(oc5ccccc54)c4c2B3n2c3ccccc3c3cccc-4c32)c(C)c1. The van der Waals surface area contributed by atoms with Gasteiger partial charge in [0, 0.05) is 60.2 Å². The zero-order valence-electron chi connectivity index (χ0n) is 27.4. The van der Waals surface area contributed by atoms with Crippen LogP contribution in [-0.2, 0) is 0 Å². The highest BCUT2D eigenvalue weighted by Crippen LogP contribution is 2.47. The number of benzene rings is 7. The zero-order chi connectivity index (χ0) is 32.3. The van der Waals surface area contributed by atoms with Crippen LogP contribution in [0.25, 0.3) is 93.5 Å². The predicted octanol–water partition coefficient (Wildman–Crippen LogP) is 10.3. The molecule has 0 saturated heterocycles. The molecule has 0 unspecified atom stereocenters. The third-order valence-electron chi connectivity index (χ3n) is 11.5. The van der Waals surface area contributed by atoms with Crippen LogP contribution in [0.5, 0.6) is 0 Å². The van der Waals surface area contributed by atoms with Crippen LogP contribution in [0.1, 0.15) is 16.7 Å². The molecule has 3 aromatic heterocycles. The van der Waals surface area contributed by atoms with E-state index < -0.39 is 0 Å². The van der Waals surface area contributed by atoms with E-state index in [-0.39, 0.29) is 6.85 Å². The van der Waals surface area contributed by atoms with Crippen molar-refractivity contribution in [1.29, 1.82) is 0 Å². The Kier molecular flexibility index (Phi) is 4.63. The van der Waals surface area contributed by atoms with Crippen LogP contribution in [0.4, 0.5) is 0 Å². The maximum Gasteiger partial charge on any atom is 0.333 e. The molecule has 12 rings (SSSR count). The Balaban J connectivity index is 1.36. The van der Waals surface area contributed by atoms with Gasteiger partial charge in [-0.15, -0.1) is 0 Å². The van der Waals surface area contributed by atoms with E-state index in [9.17, 15) is 0 Å². The first-order valence-electron chi connectivity index (χ1n) is 17.2. The van der Waals surface area contributed by atoms with E-state index in [0.717, 1.165) is 16.6 Å². The molecule has 3 nitrogen and oxygen atoms in total. The molecule has 228 valence electrons. The normalized spacial score (nSPS) is 13.2. The van der Waals surface area contributed by atoms with Crippen molar-refractivity contribution >= 4 is 83.3 Å². The number of furan rings is 1. The molecule has 0 fully saturated rings. The van der Waals surface area contributed by atoms with Gasteiger partial charge < -0.3 is 13.5 Å². The molecule has 0 atom stereocenters. The van der Waals surface area contributed by atoms with Crippen molar-refractivity contribution in [3.05, 3.63) is 138 Å². The fourth-order valence-corrected chi connectivity index (χ4v) is 9.90. The Labute approximate surface area is 282 Å². The quantitative estimate of drug-likeness (QED) is 0.167. The molecule has 0 spiro atoms. The second-order valence-corrected chi connectivity index (χ2v) is 14.2. The van der Waals surface area contributed by atoms with Gasteiger partial charge in [0.15, 0.2) is 0 Å². The zero-order valence-corrected chi connectivity index (χ0v) is 27.4. The minimum Gasteiger partial charge on any atom is -0.455 e. The lowest BCUT2D eigenvalue weighted by Crippen LogP contribution is -2.55. The highest BCUT2D eigenvalue weighted by molar-refractivity contribution is 6.90. The molecule has 0 radical (unpaired) electrons. The van der Waals surface area contributed by atoms with Crippen molar-refractivity contribution in [2.24, 2.45) is 0 Å². The number of hydrogen-bond donors (Lipinski definition) is 0. The van der Waals surface area contributed by atoms with Crippen LogP contribution >= 0.6 is 0 Å². The van der Waals surface area contributed by atoms with Crippen LogP contribution in [0.15, 0.2) is 126 Å². The van der Waals surface area contributed by atoms with Crippen molar-refractivity contribution in [3.8, 4) is 27.9 Å². The third-order valence-corrected chi connectivity index (χ3v) is 11.5. The summed E-state index contributed by atoms with van der Waals surface area (Å²) in [4.78, 5) is 0. The van der Waals surface area contributed by atoms with Crippen molar-refractivity contribution in [3.63, 3.8) is 0 Å². The molecule has 5 heterocycles. The molecule has 7 aromatic carbocycles. The number of hydrogen-bond acceptors (Lipinski definition) is 1. The van der Waals surface area contributed by atoms with Gasteiger partial charge in [-0.2, -0.15) is 0 Å². The topological polar surface area (TPSA) is 23.0 Å². The molecule has 0 saturated carbocycles. The molecule has 2 aliphatic rings. The monoisotopic (exact) mass is 624 g/mol. The molecule has 0 bridgehead atoms. The second-order valence-electron chi connectivity index (χ2n) is 14.2. The third kappa shape index (κ3) is 3.03. The summed E-state index contributed by atoms with van der Waals surface area (Å²) in [5, 5.41) is 7.49. The average molecular weight is 625 g/mol. The van der Waals surface area contributed by atoms with Gasteiger partial charge >= 0.3 is 6.85 Å². The van der Waals surface area contributed by atoms with Gasteiger partial charge in [0.1, 0.15) is 11.2 Å². The lowest BCUT2D eigenvalue weighted by atomic mass is 9.45. The van der Waals surface area contributed by atoms with E-state index >= 15 is 0 Å². The van der Waals surface area contributed by atoms with Gasteiger partial charge in [0.2, 0.25) is 0 Å². The number of nitrogens with zero attached hydrogens (tertiary/aromatic N) is 2. The van der Waals surface area contributed by atoms with Gasteiger partial charge in [-0.3, -0.25) is 0 Å². The van der Waals surface area contributed by atoms with Crippen molar-refractivity contribution in [1.82, 2.24) is 9.05 Å². The molecule has 0 amide bonds. The number of fused-ring (bicyclic) bond motifs is 14. The largest absolute Gasteiger partial charge is 0.455 e. The van der Waals surface area contributed by atoms with E-state index in [1.807, 2.05) is 0 Å². The fourth-order valence-electron chi connectivity index (χ4n) is 9.90. The minimum atomic E-state index is -0.0368. The van der Waals surface area contributed by atoms with Crippen LogP contribution in [0, 0.1) is 20.8 Å². The van der Waals surface area contributed by atoms with Crippen LogP contribution < -0.4 is 10.9 Å². The first-order chi connectivity index (χ1) is 24.1. The number of para-hydroxylation sites is 4. The maximum absolute atomic E-state index is 6.89. The van der Waals surface area contributed by atoms with Crippen LogP contribution in [0.2, 0.25) is 0 Å². The summed E-state index contributed by atoms with van der Waals surface area (Å²) in [5.41, 5.74) is 19.9. The van der Waals surface area contributed by atoms with Crippen molar-refractivity contribution in [2.45, 2.75) is 20.8 Å². The highest BCUT2D eigenvalue weighted by Gasteiger charge is 2.43. The smallest absolute Gasteiger partial charge is 0.333 e. The summed E-state index contributed by atoms with van der Waals surface area (Å²) < 4.78 is 12.1. The summed E-state index contributed by atoms with van der Waals surface area (Å²) in [5.74, 6) is 0. The molecule has 2 aliphatic heterocycles. The standard InChI is InChI=1S/C45H29BN2O/c1-24-19-25(2)40(26(3)20-24)27-21-33-29-12-4-7-16-36(29)47-38-23-34-30-13-6-9-18-39(30)49-45(34)41-32-15-10-14-31-28-11-5-8-17-37(28)48(43(31)32)46(42(38)41)35(22-27)44(33)47/h4-23H,1-3H3. The Morgan fingerprint density at radius 2 is 1.24 bits per heavy atom. The Morgan fingerprint density at radius 3 is 2.06 bits per heavy atom. The summed E-state index contributed by atoms with van der Waals surface area (Å²) in [7, 11) is 0. The molecule has 0 N–H and O–H groups in total.